The van der Waals surface area contributed by atoms with Gasteiger partial charge in [-0.05, 0) is 32.3 Å². The van der Waals surface area contributed by atoms with Crippen molar-refractivity contribution in [2.45, 2.75) is 57.7 Å². The largest absolute Gasteiger partial charge is 0.351 e. The summed E-state index contributed by atoms with van der Waals surface area (Å²) in [5.41, 5.74) is 0.761. The Labute approximate surface area is 167 Å². The Bertz CT molecular complexity index is 847. The molecule has 0 spiro atoms. The summed E-state index contributed by atoms with van der Waals surface area (Å²) >= 11 is 0. The molecule has 1 aliphatic heterocycles. The third-order valence-corrected chi connectivity index (χ3v) is 7.00. The summed E-state index contributed by atoms with van der Waals surface area (Å²) in [7, 11) is -3.59. The second kappa shape index (κ2) is 7.83. The number of amides is 2. The van der Waals surface area contributed by atoms with Crippen LogP contribution >= 0.6 is 0 Å². The van der Waals surface area contributed by atoms with Gasteiger partial charge in [0.15, 0.2) is 0 Å². The van der Waals surface area contributed by atoms with Gasteiger partial charge in [0.2, 0.25) is 21.8 Å². The van der Waals surface area contributed by atoms with E-state index >= 15 is 0 Å². The van der Waals surface area contributed by atoms with E-state index in [-0.39, 0.29) is 37.5 Å². The monoisotopic (exact) mass is 407 g/mol. The second-order valence-electron chi connectivity index (χ2n) is 8.23. The molecular formula is C20H29N3O4S. The van der Waals surface area contributed by atoms with Crippen LogP contribution in [0.1, 0.15) is 43.7 Å². The van der Waals surface area contributed by atoms with Gasteiger partial charge >= 0.3 is 0 Å². The molecule has 2 amide bonds. The lowest BCUT2D eigenvalue weighted by Gasteiger charge is -2.47. The van der Waals surface area contributed by atoms with Crippen LogP contribution in [-0.2, 0) is 26.2 Å². The van der Waals surface area contributed by atoms with Crippen molar-refractivity contribution in [2.24, 2.45) is 0 Å². The third kappa shape index (κ3) is 4.38. The zero-order valence-electron chi connectivity index (χ0n) is 16.8. The maximum absolute atomic E-state index is 13.2. The molecule has 1 N–H and O–H groups in total. The summed E-state index contributed by atoms with van der Waals surface area (Å²) in [6, 6.07) is 7.88. The van der Waals surface area contributed by atoms with Gasteiger partial charge in [-0.1, -0.05) is 42.7 Å². The molecule has 0 radical (unpaired) electrons. The van der Waals surface area contributed by atoms with Crippen LogP contribution in [0.2, 0.25) is 0 Å². The second-order valence-corrected chi connectivity index (χ2v) is 10.2. The molecule has 8 heteroatoms. The minimum atomic E-state index is -3.59. The Kier molecular flexibility index (Phi) is 5.82. The van der Waals surface area contributed by atoms with Crippen molar-refractivity contribution in [1.82, 2.24) is 14.5 Å². The standard InChI is InChI=1S/C20H29N3O4S/c1-15-8-10-16(11-9-15)12-23-18(24)13-22(28(3,26)27)14-20(23,2)19(25)21-17-6-4-5-7-17/h8-11,17H,4-7,12-14H2,1-3H3,(H,21,25). The van der Waals surface area contributed by atoms with Gasteiger partial charge in [0, 0.05) is 19.1 Å². The summed E-state index contributed by atoms with van der Waals surface area (Å²) in [6.45, 7) is 3.64. The zero-order valence-corrected chi connectivity index (χ0v) is 17.6. The fraction of sp³-hybridized carbons (Fsp3) is 0.600. The highest BCUT2D eigenvalue weighted by Gasteiger charge is 2.49. The fourth-order valence-corrected chi connectivity index (χ4v) is 4.81. The normalized spacial score (nSPS) is 24.5. The van der Waals surface area contributed by atoms with Gasteiger partial charge in [0.05, 0.1) is 12.8 Å². The summed E-state index contributed by atoms with van der Waals surface area (Å²) < 4.78 is 25.3. The molecule has 1 unspecified atom stereocenters. The molecule has 28 heavy (non-hydrogen) atoms. The average molecular weight is 408 g/mol. The highest BCUT2D eigenvalue weighted by atomic mass is 32.2. The molecule has 3 rings (SSSR count). The van der Waals surface area contributed by atoms with Gasteiger partial charge in [-0.25, -0.2) is 8.42 Å². The number of rotatable bonds is 5. The van der Waals surface area contributed by atoms with E-state index < -0.39 is 15.6 Å². The summed E-state index contributed by atoms with van der Waals surface area (Å²) in [5, 5.41) is 3.05. The lowest BCUT2D eigenvalue weighted by Crippen LogP contribution is -2.69. The first-order valence-electron chi connectivity index (χ1n) is 9.72. The molecule has 7 nitrogen and oxygen atoms in total. The van der Waals surface area contributed by atoms with Gasteiger partial charge in [0.25, 0.3) is 0 Å². The van der Waals surface area contributed by atoms with Gasteiger partial charge < -0.3 is 10.2 Å². The van der Waals surface area contributed by atoms with Gasteiger partial charge in [-0.3, -0.25) is 9.59 Å². The third-order valence-electron chi connectivity index (χ3n) is 5.80. The van der Waals surface area contributed by atoms with Crippen molar-refractivity contribution in [3.63, 3.8) is 0 Å². The van der Waals surface area contributed by atoms with Crippen LogP contribution in [0.3, 0.4) is 0 Å². The Morgan fingerprint density at radius 1 is 1.21 bits per heavy atom. The molecular weight excluding hydrogens is 378 g/mol. The van der Waals surface area contributed by atoms with E-state index in [4.69, 9.17) is 0 Å². The van der Waals surface area contributed by atoms with Gasteiger partial charge in [-0.15, -0.1) is 0 Å². The van der Waals surface area contributed by atoms with E-state index in [1.165, 1.54) is 4.90 Å². The number of aryl methyl sites for hydroxylation is 1. The molecule has 0 bridgehead atoms. The van der Waals surface area contributed by atoms with E-state index in [9.17, 15) is 18.0 Å². The molecule has 1 atom stereocenters. The van der Waals surface area contributed by atoms with Crippen molar-refractivity contribution in [1.29, 1.82) is 0 Å². The molecule has 1 saturated carbocycles. The molecule has 1 aromatic carbocycles. The Morgan fingerprint density at radius 2 is 1.82 bits per heavy atom. The van der Waals surface area contributed by atoms with E-state index in [0.717, 1.165) is 47.4 Å². The van der Waals surface area contributed by atoms with E-state index in [1.54, 1.807) is 6.92 Å². The van der Waals surface area contributed by atoms with Crippen LogP contribution < -0.4 is 5.32 Å². The molecule has 1 saturated heterocycles. The average Bonchev–Trinajstić information content (AvgIpc) is 3.11. The predicted octanol–water partition coefficient (Wildman–Crippen LogP) is 1.42. The van der Waals surface area contributed by atoms with Gasteiger partial charge in [-0.2, -0.15) is 4.31 Å². The first-order chi connectivity index (χ1) is 13.1. The number of hydrogen-bond donors (Lipinski definition) is 1. The van der Waals surface area contributed by atoms with Crippen LogP contribution in [0.5, 0.6) is 0 Å². The maximum Gasteiger partial charge on any atom is 0.247 e. The Hall–Kier alpha value is -1.93. The summed E-state index contributed by atoms with van der Waals surface area (Å²) in [6.07, 6.45) is 5.06. The van der Waals surface area contributed by atoms with Crippen LogP contribution in [0, 0.1) is 6.92 Å². The quantitative estimate of drug-likeness (QED) is 0.800. The molecule has 2 aliphatic rings. The number of carbonyl (C=O) groups is 2. The smallest absolute Gasteiger partial charge is 0.247 e. The van der Waals surface area contributed by atoms with Gasteiger partial charge in [0.1, 0.15) is 5.54 Å². The lowest BCUT2D eigenvalue weighted by molar-refractivity contribution is -0.154. The number of sulfonamides is 1. The molecule has 2 fully saturated rings. The number of nitrogens with zero attached hydrogens (tertiary/aromatic N) is 2. The first-order valence-corrected chi connectivity index (χ1v) is 11.6. The van der Waals surface area contributed by atoms with E-state index in [0.29, 0.717) is 0 Å². The first kappa shape index (κ1) is 20.8. The lowest BCUT2D eigenvalue weighted by atomic mass is 9.94. The predicted molar refractivity (Wildman–Crippen MR) is 107 cm³/mol. The maximum atomic E-state index is 13.2. The van der Waals surface area contributed by atoms with Crippen molar-refractivity contribution in [3.05, 3.63) is 35.4 Å². The highest BCUT2D eigenvalue weighted by molar-refractivity contribution is 7.88. The van der Waals surface area contributed by atoms with E-state index in [2.05, 4.69) is 5.32 Å². The van der Waals surface area contributed by atoms with E-state index in [1.807, 2.05) is 31.2 Å². The van der Waals surface area contributed by atoms with Crippen molar-refractivity contribution < 1.29 is 18.0 Å². The minimum absolute atomic E-state index is 0.0397. The van der Waals surface area contributed by atoms with Crippen LogP contribution in [0.4, 0.5) is 0 Å². The number of hydrogen-bond acceptors (Lipinski definition) is 4. The van der Waals surface area contributed by atoms with Crippen LogP contribution in [0.25, 0.3) is 0 Å². The van der Waals surface area contributed by atoms with Crippen LogP contribution in [0.15, 0.2) is 24.3 Å². The molecule has 1 heterocycles. The highest BCUT2D eigenvalue weighted by Crippen LogP contribution is 2.28. The number of nitrogens with one attached hydrogen (secondary N) is 1. The molecule has 0 aromatic heterocycles. The van der Waals surface area contributed by atoms with Crippen molar-refractivity contribution in [3.8, 4) is 0 Å². The van der Waals surface area contributed by atoms with Crippen molar-refractivity contribution in [2.75, 3.05) is 19.3 Å². The SMILES string of the molecule is Cc1ccc(CN2C(=O)CN(S(C)(=O)=O)CC2(C)C(=O)NC2CCCC2)cc1. The topological polar surface area (TPSA) is 86.8 Å². The van der Waals surface area contributed by atoms with Crippen molar-refractivity contribution >= 4 is 21.8 Å². The number of benzene rings is 1. The fourth-order valence-electron chi connectivity index (χ4n) is 3.97. The number of carbonyl (C=O) groups excluding carboxylic acids is 2. The minimum Gasteiger partial charge on any atom is -0.351 e. The summed E-state index contributed by atoms with van der Waals surface area (Å²) in [4.78, 5) is 27.7. The Balaban J connectivity index is 1.90. The molecule has 1 aliphatic carbocycles. The zero-order chi connectivity index (χ0) is 20.5. The molecule has 1 aromatic rings. The Morgan fingerprint density at radius 3 is 2.39 bits per heavy atom. The number of piperazine rings is 1. The summed E-state index contributed by atoms with van der Waals surface area (Å²) in [5.74, 6) is -0.644. The van der Waals surface area contributed by atoms with Crippen LogP contribution in [-0.4, -0.2) is 60.4 Å². The molecule has 154 valence electrons.